The Kier molecular flexibility index (Phi) is 4.90. The van der Waals surface area contributed by atoms with E-state index in [2.05, 4.69) is 52.1 Å². The van der Waals surface area contributed by atoms with Gasteiger partial charge in [0.25, 0.3) is 0 Å². The maximum Gasteiger partial charge on any atom is 0.0749 e. The molecule has 20 heavy (non-hydrogen) atoms. The van der Waals surface area contributed by atoms with Crippen LogP contribution < -0.4 is 5.32 Å². The van der Waals surface area contributed by atoms with Gasteiger partial charge in [-0.25, -0.2) is 0 Å². The van der Waals surface area contributed by atoms with E-state index in [1.165, 1.54) is 11.3 Å². The van der Waals surface area contributed by atoms with E-state index >= 15 is 0 Å². The molecule has 0 fully saturated rings. The van der Waals surface area contributed by atoms with Gasteiger partial charge < -0.3 is 5.32 Å². The molecule has 0 bridgehead atoms. The smallest absolute Gasteiger partial charge is 0.0749 e. The van der Waals surface area contributed by atoms with Crippen molar-refractivity contribution >= 4 is 0 Å². The molecule has 0 saturated heterocycles. The molecule has 0 aliphatic heterocycles. The SMILES string of the molecule is CCCn1nccc1C(NCC)c1cc(C)nc(C)c1. The minimum absolute atomic E-state index is 0.175. The quantitative estimate of drug-likeness (QED) is 0.879. The molecule has 2 heterocycles. The van der Waals surface area contributed by atoms with Gasteiger partial charge in [0.2, 0.25) is 0 Å². The Morgan fingerprint density at radius 1 is 1.20 bits per heavy atom. The average Bonchev–Trinajstić information content (AvgIpc) is 2.83. The third-order valence-corrected chi connectivity index (χ3v) is 3.33. The summed E-state index contributed by atoms with van der Waals surface area (Å²) >= 11 is 0. The molecule has 0 amide bonds. The number of pyridine rings is 1. The lowest BCUT2D eigenvalue weighted by Crippen LogP contribution is -2.25. The van der Waals surface area contributed by atoms with Gasteiger partial charge in [-0.05, 0) is 50.6 Å². The Balaban J connectivity index is 2.41. The highest BCUT2D eigenvalue weighted by Gasteiger charge is 2.18. The molecule has 2 aromatic rings. The van der Waals surface area contributed by atoms with Crippen molar-refractivity contribution in [2.45, 2.75) is 46.7 Å². The fraction of sp³-hybridized carbons (Fsp3) is 0.500. The van der Waals surface area contributed by atoms with Gasteiger partial charge in [0.05, 0.1) is 11.7 Å². The molecule has 1 atom stereocenters. The number of hydrogen-bond donors (Lipinski definition) is 1. The Hall–Kier alpha value is -1.68. The normalized spacial score (nSPS) is 12.6. The monoisotopic (exact) mass is 272 g/mol. The van der Waals surface area contributed by atoms with Crippen LogP contribution in [-0.2, 0) is 6.54 Å². The van der Waals surface area contributed by atoms with Crippen molar-refractivity contribution in [3.63, 3.8) is 0 Å². The zero-order chi connectivity index (χ0) is 14.5. The zero-order valence-corrected chi connectivity index (χ0v) is 12.8. The molecule has 0 aliphatic carbocycles. The highest BCUT2D eigenvalue weighted by atomic mass is 15.3. The first-order valence-electron chi connectivity index (χ1n) is 7.36. The number of aromatic nitrogens is 3. The van der Waals surface area contributed by atoms with Gasteiger partial charge in [0.15, 0.2) is 0 Å². The molecule has 1 unspecified atom stereocenters. The summed E-state index contributed by atoms with van der Waals surface area (Å²) in [6.45, 7) is 10.3. The topological polar surface area (TPSA) is 42.7 Å². The fourth-order valence-corrected chi connectivity index (χ4v) is 2.62. The molecule has 0 saturated carbocycles. The summed E-state index contributed by atoms with van der Waals surface area (Å²) < 4.78 is 2.10. The Morgan fingerprint density at radius 2 is 1.90 bits per heavy atom. The lowest BCUT2D eigenvalue weighted by molar-refractivity contribution is 0.520. The number of nitrogens with one attached hydrogen (secondary N) is 1. The van der Waals surface area contributed by atoms with Crippen molar-refractivity contribution in [2.24, 2.45) is 0 Å². The zero-order valence-electron chi connectivity index (χ0n) is 12.8. The van der Waals surface area contributed by atoms with E-state index in [0.717, 1.165) is 30.9 Å². The van der Waals surface area contributed by atoms with Gasteiger partial charge in [0.1, 0.15) is 0 Å². The maximum atomic E-state index is 4.47. The summed E-state index contributed by atoms with van der Waals surface area (Å²) in [5.41, 5.74) is 4.60. The summed E-state index contributed by atoms with van der Waals surface area (Å²) in [5, 5.41) is 8.01. The molecule has 4 nitrogen and oxygen atoms in total. The van der Waals surface area contributed by atoms with Gasteiger partial charge in [-0.15, -0.1) is 0 Å². The molecule has 4 heteroatoms. The first-order valence-corrected chi connectivity index (χ1v) is 7.36. The summed E-state index contributed by atoms with van der Waals surface area (Å²) in [6.07, 6.45) is 2.97. The maximum absolute atomic E-state index is 4.47. The van der Waals surface area contributed by atoms with Crippen molar-refractivity contribution in [3.05, 3.63) is 47.0 Å². The molecular weight excluding hydrogens is 248 g/mol. The predicted octanol–water partition coefficient (Wildman–Crippen LogP) is 3.00. The van der Waals surface area contributed by atoms with Crippen molar-refractivity contribution in [3.8, 4) is 0 Å². The minimum Gasteiger partial charge on any atom is -0.305 e. The number of rotatable bonds is 6. The van der Waals surface area contributed by atoms with Crippen LogP contribution in [0.4, 0.5) is 0 Å². The van der Waals surface area contributed by atoms with Gasteiger partial charge in [-0.2, -0.15) is 5.10 Å². The van der Waals surface area contributed by atoms with E-state index in [4.69, 9.17) is 0 Å². The largest absolute Gasteiger partial charge is 0.305 e. The van der Waals surface area contributed by atoms with E-state index in [0.29, 0.717) is 0 Å². The van der Waals surface area contributed by atoms with Crippen LogP contribution in [0.25, 0.3) is 0 Å². The number of hydrogen-bond acceptors (Lipinski definition) is 3. The van der Waals surface area contributed by atoms with Crippen LogP contribution in [-0.4, -0.2) is 21.3 Å². The van der Waals surface area contributed by atoms with Crippen LogP contribution >= 0.6 is 0 Å². The average molecular weight is 272 g/mol. The van der Waals surface area contributed by atoms with E-state index in [-0.39, 0.29) is 6.04 Å². The molecule has 2 aromatic heterocycles. The molecule has 108 valence electrons. The lowest BCUT2D eigenvalue weighted by atomic mass is 10.0. The molecule has 0 spiro atoms. The fourth-order valence-electron chi connectivity index (χ4n) is 2.62. The van der Waals surface area contributed by atoms with Gasteiger partial charge in [-0.1, -0.05) is 13.8 Å². The minimum atomic E-state index is 0.175. The molecule has 0 aliphatic rings. The summed E-state index contributed by atoms with van der Waals surface area (Å²) in [7, 11) is 0. The lowest BCUT2D eigenvalue weighted by Gasteiger charge is -2.20. The molecule has 1 N–H and O–H groups in total. The second kappa shape index (κ2) is 6.66. The second-order valence-corrected chi connectivity index (χ2v) is 5.15. The molecule has 2 rings (SSSR count). The standard InChI is InChI=1S/C16H24N4/c1-5-9-20-15(7-8-18-20)16(17-6-2)14-10-12(3)19-13(4)11-14/h7-8,10-11,16-17H,5-6,9H2,1-4H3. The van der Waals surface area contributed by atoms with Crippen molar-refractivity contribution < 1.29 is 0 Å². The third kappa shape index (κ3) is 3.25. The molecule has 0 aromatic carbocycles. The van der Waals surface area contributed by atoms with Crippen molar-refractivity contribution in [1.82, 2.24) is 20.1 Å². The van der Waals surface area contributed by atoms with E-state index in [1.807, 2.05) is 20.0 Å². The van der Waals surface area contributed by atoms with E-state index in [9.17, 15) is 0 Å². The van der Waals surface area contributed by atoms with Gasteiger partial charge in [-0.3, -0.25) is 9.67 Å². The summed E-state index contributed by atoms with van der Waals surface area (Å²) in [5.74, 6) is 0. The highest BCUT2D eigenvalue weighted by molar-refractivity contribution is 5.30. The van der Waals surface area contributed by atoms with Crippen LogP contribution in [0, 0.1) is 13.8 Å². The molecular formula is C16H24N4. The first-order chi connectivity index (χ1) is 9.65. The first kappa shape index (κ1) is 14.7. The Bertz CT molecular complexity index is 539. The van der Waals surface area contributed by atoms with Crippen LogP contribution in [0.15, 0.2) is 24.4 Å². The summed E-state index contributed by atoms with van der Waals surface area (Å²) in [4.78, 5) is 4.47. The number of nitrogens with zero attached hydrogens (tertiary/aromatic N) is 3. The van der Waals surface area contributed by atoms with Crippen LogP contribution in [0.2, 0.25) is 0 Å². The Labute approximate surface area is 121 Å². The van der Waals surface area contributed by atoms with Gasteiger partial charge >= 0.3 is 0 Å². The summed E-state index contributed by atoms with van der Waals surface area (Å²) in [6, 6.07) is 6.59. The van der Waals surface area contributed by atoms with Crippen molar-refractivity contribution in [1.29, 1.82) is 0 Å². The van der Waals surface area contributed by atoms with Crippen LogP contribution in [0.3, 0.4) is 0 Å². The van der Waals surface area contributed by atoms with Crippen LogP contribution in [0.1, 0.15) is 49.0 Å². The van der Waals surface area contributed by atoms with Gasteiger partial charge in [0, 0.05) is 24.1 Å². The van der Waals surface area contributed by atoms with E-state index in [1.54, 1.807) is 0 Å². The van der Waals surface area contributed by atoms with Crippen molar-refractivity contribution in [2.75, 3.05) is 6.54 Å². The molecule has 0 radical (unpaired) electrons. The predicted molar refractivity (Wildman–Crippen MR) is 81.7 cm³/mol. The van der Waals surface area contributed by atoms with Crippen LogP contribution in [0.5, 0.6) is 0 Å². The highest BCUT2D eigenvalue weighted by Crippen LogP contribution is 2.23. The third-order valence-electron chi connectivity index (χ3n) is 3.33. The second-order valence-electron chi connectivity index (χ2n) is 5.15. The Morgan fingerprint density at radius 3 is 2.50 bits per heavy atom. The van der Waals surface area contributed by atoms with E-state index < -0.39 is 0 Å². The number of aryl methyl sites for hydroxylation is 3.